The van der Waals surface area contributed by atoms with Crippen molar-refractivity contribution in [3.63, 3.8) is 0 Å². The summed E-state index contributed by atoms with van der Waals surface area (Å²) in [6.07, 6.45) is 0. The van der Waals surface area contributed by atoms with E-state index in [2.05, 4.69) is 0 Å². The van der Waals surface area contributed by atoms with E-state index in [0.717, 1.165) is 0 Å². The average molecular weight is 236 g/mol. The van der Waals surface area contributed by atoms with Gasteiger partial charge in [0.15, 0.2) is 0 Å². The Morgan fingerprint density at radius 2 is 1.00 bits per heavy atom. The van der Waals surface area contributed by atoms with E-state index in [-0.39, 0.29) is 103 Å². The van der Waals surface area contributed by atoms with E-state index in [9.17, 15) is 0 Å². The molecule has 3 N–H and O–H groups in total. The van der Waals surface area contributed by atoms with E-state index < -0.39 is 17.7 Å². The molecule has 0 rings (SSSR count). The molecule has 0 saturated carbocycles. The molecule has 0 bridgehead atoms. The van der Waals surface area contributed by atoms with Gasteiger partial charge in [0, 0.05) is 10.4 Å². The second-order valence-electron chi connectivity index (χ2n) is 0.755. The topological polar surface area (TPSA) is 141 Å². The van der Waals surface area contributed by atoms with Crippen LogP contribution < -0.4 is 103 Å². The minimum atomic E-state index is -5.17. The van der Waals surface area contributed by atoms with Crippen molar-refractivity contribution in [1.29, 1.82) is 0 Å². The molecule has 0 atom stereocenters. The SMILES string of the molecule is O=S(=O)([O-])[O-].OB(O)O.[K+].[K+]. The minimum absolute atomic E-state index is 0. The Labute approximate surface area is 149 Å². The summed E-state index contributed by atoms with van der Waals surface area (Å²) < 4.78 is 34.1. The second kappa shape index (κ2) is 13.1. The van der Waals surface area contributed by atoms with Gasteiger partial charge in [-0.05, 0) is 0 Å². The fraction of sp³-hybridized carbons (Fsp3) is 0. The normalized spacial score (nSPS) is 7.73. The third-order valence-electron chi connectivity index (χ3n) is 0. The molecule has 7 nitrogen and oxygen atoms in total. The van der Waals surface area contributed by atoms with Crippen molar-refractivity contribution in [3.8, 4) is 0 Å². The maximum absolute atomic E-state index is 8.52. The van der Waals surface area contributed by atoms with Gasteiger partial charge in [0.25, 0.3) is 0 Å². The summed E-state index contributed by atoms with van der Waals surface area (Å²) in [6.45, 7) is 0. The molecule has 0 aliphatic heterocycles. The largest absolute Gasteiger partial charge is 1.00 e. The first kappa shape index (κ1) is 23.7. The van der Waals surface area contributed by atoms with E-state index >= 15 is 0 Å². The molecular weight excluding hydrogens is 233 g/mol. The Kier molecular flexibility index (Phi) is 28.2. The van der Waals surface area contributed by atoms with E-state index in [1.54, 1.807) is 0 Å². The van der Waals surface area contributed by atoms with Gasteiger partial charge >= 0.3 is 110 Å². The fourth-order valence-corrected chi connectivity index (χ4v) is 0. The fourth-order valence-electron chi connectivity index (χ4n) is 0. The maximum atomic E-state index is 8.52. The first-order chi connectivity index (χ1) is 3.73. The molecule has 0 amide bonds. The Morgan fingerprint density at radius 1 is 1.00 bits per heavy atom. The van der Waals surface area contributed by atoms with Crippen LogP contribution in [0.4, 0.5) is 0 Å². The summed E-state index contributed by atoms with van der Waals surface area (Å²) in [6, 6.07) is 0. The van der Waals surface area contributed by atoms with E-state index in [1.165, 1.54) is 0 Å². The van der Waals surface area contributed by atoms with Crippen LogP contribution in [0.5, 0.6) is 0 Å². The summed E-state index contributed by atoms with van der Waals surface area (Å²) in [7, 11) is -7.33. The molecule has 11 heteroatoms. The van der Waals surface area contributed by atoms with Crippen LogP contribution in [0.2, 0.25) is 0 Å². The Balaban J connectivity index is -0.0000000383. The second-order valence-corrected chi connectivity index (χ2v) is 1.57. The number of hydrogen-bond acceptors (Lipinski definition) is 7. The standard InChI is InChI=1S/BH3O3.2K.H2O4S/c2-1(3)4;;;1-5(2,3)4/h2-4H;;;(H2,1,2,3,4)/q;2*+1;/p-2. The Bertz CT molecular complexity index is 128. The Morgan fingerprint density at radius 3 is 1.00 bits per heavy atom. The molecule has 0 fully saturated rings. The van der Waals surface area contributed by atoms with Crippen molar-refractivity contribution >= 4 is 17.7 Å². The molecule has 0 aliphatic carbocycles. The smallest absolute Gasteiger partial charge is 0.759 e. The predicted molar refractivity (Wildman–Crippen MR) is 22.9 cm³/mol. The van der Waals surface area contributed by atoms with Crippen LogP contribution in [-0.2, 0) is 10.4 Å². The zero-order valence-electron chi connectivity index (χ0n) is 5.96. The minimum Gasteiger partial charge on any atom is -0.759 e. The third-order valence-corrected chi connectivity index (χ3v) is 0. The van der Waals surface area contributed by atoms with Crippen LogP contribution in [0.25, 0.3) is 0 Å². The summed E-state index contributed by atoms with van der Waals surface area (Å²) in [4.78, 5) is 0. The molecule has 56 valence electrons. The van der Waals surface area contributed by atoms with Gasteiger partial charge in [-0.2, -0.15) is 0 Å². The van der Waals surface area contributed by atoms with Crippen molar-refractivity contribution in [1.82, 2.24) is 0 Å². The molecule has 11 heavy (non-hydrogen) atoms. The van der Waals surface area contributed by atoms with E-state index in [1.807, 2.05) is 0 Å². The monoisotopic (exact) mass is 236 g/mol. The average Bonchev–Trinajstić information content (AvgIpc) is 1.19. The van der Waals surface area contributed by atoms with E-state index in [4.69, 9.17) is 32.6 Å². The van der Waals surface area contributed by atoms with Gasteiger partial charge in [-0.15, -0.1) is 0 Å². The summed E-state index contributed by atoms with van der Waals surface area (Å²) >= 11 is 0. The van der Waals surface area contributed by atoms with Gasteiger partial charge in [-0.25, -0.2) is 0 Å². The zero-order chi connectivity index (χ0) is 8.08. The quantitative estimate of drug-likeness (QED) is 0.215. The van der Waals surface area contributed by atoms with Gasteiger partial charge in [0.2, 0.25) is 0 Å². The molecular formula is H3BK2O7S. The van der Waals surface area contributed by atoms with Gasteiger partial charge in [0.05, 0.1) is 0 Å². The van der Waals surface area contributed by atoms with Gasteiger partial charge < -0.3 is 24.2 Å². The van der Waals surface area contributed by atoms with Crippen LogP contribution in [0.1, 0.15) is 0 Å². The van der Waals surface area contributed by atoms with E-state index in [0.29, 0.717) is 0 Å². The summed E-state index contributed by atoms with van der Waals surface area (Å²) in [5, 5.41) is 21.5. The van der Waals surface area contributed by atoms with Crippen LogP contribution in [-0.4, -0.2) is 39.9 Å². The third kappa shape index (κ3) is 169. The molecule has 0 aliphatic rings. The van der Waals surface area contributed by atoms with Crippen molar-refractivity contribution in [3.05, 3.63) is 0 Å². The maximum Gasteiger partial charge on any atom is 1.00 e. The van der Waals surface area contributed by atoms with Crippen LogP contribution in [0, 0.1) is 0 Å². The van der Waals surface area contributed by atoms with Gasteiger partial charge in [-0.3, -0.25) is 8.42 Å². The molecule has 0 heterocycles. The molecule has 0 radical (unpaired) electrons. The summed E-state index contributed by atoms with van der Waals surface area (Å²) in [5.41, 5.74) is 0. The van der Waals surface area contributed by atoms with Crippen LogP contribution >= 0.6 is 0 Å². The van der Waals surface area contributed by atoms with Crippen molar-refractivity contribution in [2.75, 3.05) is 0 Å². The first-order valence-corrected chi connectivity index (χ1v) is 2.77. The predicted octanol–water partition coefficient (Wildman–Crippen LogP) is -9.38. The molecule has 0 saturated heterocycles. The van der Waals surface area contributed by atoms with Crippen LogP contribution in [0.3, 0.4) is 0 Å². The molecule has 0 spiro atoms. The Hall–Kier alpha value is 3.09. The van der Waals surface area contributed by atoms with Crippen molar-refractivity contribution < 1.29 is 135 Å². The van der Waals surface area contributed by atoms with Gasteiger partial charge in [-0.1, -0.05) is 0 Å². The molecule has 0 aromatic carbocycles. The van der Waals surface area contributed by atoms with Crippen molar-refractivity contribution in [2.24, 2.45) is 0 Å². The number of rotatable bonds is 0. The van der Waals surface area contributed by atoms with Gasteiger partial charge in [0.1, 0.15) is 0 Å². The van der Waals surface area contributed by atoms with Crippen molar-refractivity contribution in [2.45, 2.75) is 0 Å². The summed E-state index contributed by atoms with van der Waals surface area (Å²) in [5.74, 6) is 0. The first-order valence-electron chi connectivity index (χ1n) is 1.44. The number of hydrogen-bond donors (Lipinski definition) is 3. The molecule has 0 aromatic heterocycles. The van der Waals surface area contributed by atoms with Crippen LogP contribution in [0.15, 0.2) is 0 Å². The molecule has 0 unspecified atom stereocenters. The molecule has 0 aromatic rings. The zero-order valence-corrected chi connectivity index (χ0v) is 13.0.